The van der Waals surface area contributed by atoms with Gasteiger partial charge in [-0.15, -0.1) is 0 Å². The van der Waals surface area contributed by atoms with E-state index in [0.717, 1.165) is 0 Å². The van der Waals surface area contributed by atoms with Crippen LogP contribution in [0.4, 0.5) is 0 Å². The summed E-state index contributed by atoms with van der Waals surface area (Å²) in [4.78, 5) is 25.7. The lowest BCUT2D eigenvalue weighted by Gasteiger charge is -2.21. The van der Waals surface area contributed by atoms with E-state index in [2.05, 4.69) is 5.32 Å². The number of hydrogen-bond donors (Lipinski definition) is 1. The van der Waals surface area contributed by atoms with Gasteiger partial charge in [-0.05, 0) is 18.6 Å². The normalized spacial score (nSPS) is 16.7. The molecular weight excluding hydrogens is 318 g/mol. The van der Waals surface area contributed by atoms with Gasteiger partial charge in [0.15, 0.2) is 0 Å². The molecule has 1 N–H and O–H groups in total. The van der Waals surface area contributed by atoms with Crippen LogP contribution in [0.3, 0.4) is 0 Å². The topological polar surface area (TPSA) is 86.8 Å². The Bertz CT molecular complexity index is 661. The number of amides is 2. The summed E-state index contributed by atoms with van der Waals surface area (Å²) in [5.41, 5.74) is 0.499. The molecule has 1 aliphatic rings. The molecule has 1 aromatic rings. The van der Waals surface area contributed by atoms with Crippen molar-refractivity contribution in [3.63, 3.8) is 0 Å². The maximum absolute atomic E-state index is 12.2. The largest absolute Gasteiger partial charge is 0.343 e. The number of benzene rings is 1. The van der Waals surface area contributed by atoms with Crippen molar-refractivity contribution in [1.29, 1.82) is 0 Å². The molecule has 1 aromatic carbocycles. The average molecular weight is 339 g/mol. The van der Waals surface area contributed by atoms with Gasteiger partial charge in [-0.3, -0.25) is 9.59 Å². The van der Waals surface area contributed by atoms with Crippen LogP contribution in [0.25, 0.3) is 0 Å². The average Bonchev–Trinajstić information content (AvgIpc) is 2.79. The Morgan fingerprint density at radius 1 is 1.09 bits per heavy atom. The van der Waals surface area contributed by atoms with Crippen LogP contribution in [0.1, 0.15) is 16.8 Å². The smallest absolute Gasteiger partial charge is 0.251 e. The summed E-state index contributed by atoms with van der Waals surface area (Å²) in [5, 5.41) is 2.60. The number of rotatable bonds is 4. The van der Waals surface area contributed by atoms with Crippen LogP contribution < -0.4 is 5.32 Å². The molecule has 1 fully saturated rings. The van der Waals surface area contributed by atoms with Crippen molar-refractivity contribution in [3.05, 3.63) is 35.9 Å². The molecule has 8 heteroatoms. The molecular formula is C15H21N3O4S. The van der Waals surface area contributed by atoms with E-state index < -0.39 is 10.0 Å². The minimum absolute atomic E-state index is 0.0907. The van der Waals surface area contributed by atoms with Gasteiger partial charge in [-0.2, -0.15) is 0 Å². The Hall–Kier alpha value is -1.93. The van der Waals surface area contributed by atoms with E-state index in [1.54, 1.807) is 29.2 Å². The Kier molecular flexibility index (Phi) is 5.73. The van der Waals surface area contributed by atoms with Gasteiger partial charge in [0.25, 0.3) is 5.91 Å². The van der Waals surface area contributed by atoms with Crippen molar-refractivity contribution >= 4 is 21.8 Å². The summed E-state index contributed by atoms with van der Waals surface area (Å²) in [6.07, 6.45) is 1.76. The third-order valence-corrected chi connectivity index (χ3v) is 5.02. The second-order valence-electron chi connectivity index (χ2n) is 5.45. The van der Waals surface area contributed by atoms with Crippen molar-refractivity contribution in [1.82, 2.24) is 14.5 Å². The molecule has 0 aromatic heterocycles. The van der Waals surface area contributed by atoms with Crippen molar-refractivity contribution in [2.75, 3.05) is 39.0 Å². The molecule has 0 saturated carbocycles. The van der Waals surface area contributed by atoms with E-state index in [1.807, 2.05) is 6.07 Å². The summed E-state index contributed by atoms with van der Waals surface area (Å²) in [6, 6.07) is 8.68. The first-order valence-corrected chi connectivity index (χ1v) is 9.29. The molecule has 0 spiro atoms. The van der Waals surface area contributed by atoms with Crippen LogP contribution >= 0.6 is 0 Å². The predicted octanol–water partition coefficient (Wildman–Crippen LogP) is -0.0897. The van der Waals surface area contributed by atoms with Crippen LogP contribution in [-0.4, -0.2) is 68.4 Å². The summed E-state index contributed by atoms with van der Waals surface area (Å²) in [6.45, 7) is 1.45. The Morgan fingerprint density at radius 3 is 2.43 bits per heavy atom. The lowest BCUT2D eigenvalue weighted by atomic mass is 10.2. The Labute approximate surface area is 136 Å². The van der Waals surface area contributed by atoms with E-state index in [-0.39, 0.29) is 24.9 Å². The van der Waals surface area contributed by atoms with Gasteiger partial charge in [-0.1, -0.05) is 18.2 Å². The first-order valence-electron chi connectivity index (χ1n) is 7.44. The standard InChI is InChI=1S/C15H21N3O4S/c1-23(21,22)18-9-5-8-17(10-11-18)14(19)12-16-15(20)13-6-3-2-4-7-13/h2-4,6-7H,5,8-12H2,1H3,(H,16,20). The molecule has 0 aliphatic carbocycles. The third-order valence-electron chi connectivity index (χ3n) is 3.71. The summed E-state index contributed by atoms with van der Waals surface area (Å²) >= 11 is 0. The highest BCUT2D eigenvalue weighted by Gasteiger charge is 2.23. The minimum Gasteiger partial charge on any atom is -0.343 e. The molecule has 0 atom stereocenters. The van der Waals surface area contributed by atoms with E-state index >= 15 is 0 Å². The highest BCUT2D eigenvalue weighted by molar-refractivity contribution is 7.88. The summed E-state index contributed by atoms with van der Waals surface area (Å²) in [5.74, 6) is -0.504. The zero-order chi connectivity index (χ0) is 16.9. The number of nitrogens with zero attached hydrogens (tertiary/aromatic N) is 2. The van der Waals surface area contributed by atoms with Crippen LogP contribution in [0.5, 0.6) is 0 Å². The first-order chi connectivity index (χ1) is 10.9. The molecule has 0 bridgehead atoms. The zero-order valence-corrected chi connectivity index (χ0v) is 13.9. The molecule has 0 radical (unpaired) electrons. The van der Waals surface area contributed by atoms with Crippen LogP contribution in [0, 0.1) is 0 Å². The van der Waals surface area contributed by atoms with Gasteiger partial charge >= 0.3 is 0 Å². The lowest BCUT2D eigenvalue weighted by molar-refractivity contribution is -0.129. The van der Waals surface area contributed by atoms with Crippen molar-refractivity contribution in [3.8, 4) is 0 Å². The van der Waals surface area contributed by atoms with Gasteiger partial charge in [-0.25, -0.2) is 12.7 Å². The van der Waals surface area contributed by atoms with Gasteiger partial charge < -0.3 is 10.2 Å². The SMILES string of the molecule is CS(=O)(=O)N1CCCN(C(=O)CNC(=O)c2ccccc2)CC1. The minimum atomic E-state index is -3.23. The number of sulfonamides is 1. The van der Waals surface area contributed by atoms with Gasteiger partial charge in [0.05, 0.1) is 12.8 Å². The summed E-state index contributed by atoms with van der Waals surface area (Å²) in [7, 11) is -3.23. The molecule has 1 heterocycles. The molecule has 2 amide bonds. The maximum Gasteiger partial charge on any atom is 0.251 e. The van der Waals surface area contributed by atoms with Crippen molar-refractivity contribution in [2.45, 2.75) is 6.42 Å². The molecule has 1 aliphatic heterocycles. The first kappa shape index (κ1) is 17.4. The Balaban J connectivity index is 1.85. The maximum atomic E-state index is 12.2. The fourth-order valence-electron chi connectivity index (χ4n) is 2.43. The van der Waals surface area contributed by atoms with Gasteiger partial charge in [0.2, 0.25) is 15.9 Å². The third kappa shape index (κ3) is 5.04. The van der Waals surface area contributed by atoms with E-state index in [1.165, 1.54) is 10.6 Å². The van der Waals surface area contributed by atoms with Gasteiger partial charge in [0.1, 0.15) is 0 Å². The lowest BCUT2D eigenvalue weighted by Crippen LogP contribution is -2.42. The second kappa shape index (κ2) is 7.56. The second-order valence-corrected chi connectivity index (χ2v) is 7.43. The number of carbonyl (C=O) groups excluding carboxylic acids is 2. The molecule has 0 unspecified atom stereocenters. The van der Waals surface area contributed by atoms with Crippen molar-refractivity contribution in [2.24, 2.45) is 0 Å². The van der Waals surface area contributed by atoms with Gasteiger partial charge in [0, 0.05) is 31.7 Å². The van der Waals surface area contributed by atoms with E-state index in [4.69, 9.17) is 0 Å². The fourth-order valence-corrected chi connectivity index (χ4v) is 3.31. The molecule has 126 valence electrons. The molecule has 23 heavy (non-hydrogen) atoms. The zero-order valence-electron chi connectivity index (χ0n) is 13.1. The quantitative estimate of drug-likeness (QED) is 0.831. The highest BCUT2D eigenvalue weighted by atomic mass is 32.2. The number of nitrogens with one attached hydrogen (secondary N) is 1. The highest BCUT2D eigenvalue weighted by Crippen LogP contribution is 2.07. The fraction of sp³-hybridized carbons (Fsp3) is 0.467. The van der Waals surface area contributed by atoms with Crippen LogP contribution in [-0.2, 0) is 14.8 Å². The van der Waals surface area contributed by atoms with Crippen LogP contribution in [0.2, 0.25) is 0 Å². The molecule has 2 rings (SSSR count). The van der Waals surface area contributed by atoms with Crippen molar-refractivity contribution < 1.29 is 18.0 Å². The monoisotopic (exact) mass is 339 g/mol. The van der Waals surface area contributed by atoms with E-state index in [9.17, 15) is 18.0 Å². The van der Waals surface area contributed by atoms with Crippen LogP contribution in [0.15, 0.2) is 30.3 Å². The number of carbonyl (C=O) groups is 2. The Morgan fingerprint density at radius 2 is 1.78 bits per heavy atom. The molecule has 7 nitrogen and oxygen atoms in total. The summed E-state index contributed by atoms with van der Waals surface area (Å²) < 4.78 is 24.5. The number of hydrogen-bond acceptors (Lipinski definition) is 4. The van der Waals surface area contributed by atoms with E-state index in [0.29, 0.717) is 31.6 Å². The molecule has 1 saturated heterocycles. The predicted molar refractivity (Wildman–Crippen MR) is 86.4 cm³/mol.